The SMILES string of the molecule is CNC(=O)COc1ccccc1CNCC1(c2ccccc2)CC1.Cl. The summed E-state index contributed by atoms with van der Waals surface area (Å²) in [5, 5.41) is 6.13. The second-order valence-corrected chi connectivity index (χ2v) is 6.32. The molecule has 2 N–H and O–H groups in total. The van der Waals surface area contributed by atoms with Crippen molar-refractivity contribution in [3.8, 4) is 5.75 Å². The van der Waals surface area contributed by atoms with Gasteiger partial charge in [0.15, 0.2) is 6.61 Å². The lowest BCUT2D eigenvalue weighted by atomic mass is 9.96. The Labute approximate surface area is 155 Å². The molecule has 0 bridgehead atoms. The molecule has 5 heteroatoms. The molecule has 1 amide bonds. The lowest BCUT2D eigenvalue weighted by Crippen LogP contribution is -2.27. The Kier molecular flexibility index (Phi) is 6.85. The minimum atomic E-state index is -0.126. The van der Waals surface area contributed by atoms with Gasteiger partial charge in [-0.3, -0.25) is 4.79 Å². The first-order valence-corrected chi connectivity index (χ1v) is 8.41. The number of ether oxygens (including phenoxy) is 1. The summed E-state index contributed by atoms with van der Waals surface area (Å²) in [6.45, 7) is 1.74. The Morgan fingerprint density at radius 3 is 2.44 bits per heavy atom. The summed E-state index contributed by atoms with van der Waals surface area (Å²) in [6, 6.07) is 18.6. The van der Waals surface area contributed by atoms with Gasteiger partial charge in [0, 0.05) is 31.1 Å². The second kappa shape index (κ2) is 8.88. The van der Waals surface area contributed by atoms with Crippen molar-refractivity contribution in [2.24, 2.45) is 0 Å². The molecule has 134 valence electrons. The van der Waals surface area contributed by atoms with Gasteiger partial charge >= 0.3 is 0 Å². The molecule has 2 aromatic rings. The molecule has 1 fully saturated rings. The zero-order valence-corrected chi connectivity index (χ0v) is 15.3. The Bertz CT molecular complexity index is 687. The van der Waals surface area contributed by atoms with Gasteiger partial charge in [0.05, 0.1) is 0 Å². The Morgan fingerprint density at radius 1 is 1.08 bits per heavy atom. The topological polar surface area (TPSA) is 50.4 Å². The average molecular weight is 361 g/mol. The predicted octanol–water partition coefficient (Wildman–Crippen LogP) is 3.05. The number of para-hydroxylation sites is 1. The van der Waals surface area contributed by atoms with Crippen LogP contribution >= 0.6 is 12.4 Å². The fraction of sp³-hybridized carbons (Fsp3) is 0.350. The summed E-state index contributed by atoms with van der Waals surface area (Å²) < 4.78 is 5.62. The summed E-state index contributed by atoms with van der Waals surface area (Å²) in [5.74, 6) is 0.636. The number of carbonyl (C=O) groups is 1. The highest BCUT2D eigenvalue weighted by atomic mass is 35.5. The summed E-state index contributed by atoms with van der Waals surface area (Å²) in [6.07, 6.45) is 2.47. The van der Waals surface area contributed by atoms with Crippen LogP contribution in [-0.4, -0.2) is 26.1 Å². The summed E-state index contributed by atoms with van der Waals surface area (Å²) >= 11 is 0. The fourth-order valence-electron chi connectivity index (χ4n) is 2.95. The van der Waals surface area contributed by atoms with Gasteiger partial charge in [-0.1, -0.05) is 48.5 Å². The third-order valence-electron chi connectivity index (χ3n) is 4.63. The standard InChI is InChI=1S/C20H24N2O2.ClH/c1-21-19(23)14-24-18-10-6-5-7-16(18)13-22-15-20(11-12-20)17-8-3-2-4-9-17;/h2-10,22H,11-15H2,1H3,(H,21,23);1H. The van der Waals surface area contributed by atoms with Gasteiger partial charge in [-0.05, 0) is 24.5 Å². The van der Waals surface area contributed by atoms with Crippen molar-refractivity contribution in [1.29, 1.82) is 0 Å². The van der Waals surface area contributed by atoms with Gasteiger partial charge in [0.2, 0.25) is 0 Å². The first kappa shape index (κ1) is 19.3. The van der Waals surface area contributed by atoms with Crippen LogP contribution in [0.25, 0.3) is 0 Å². The molecule has 1 aliphatic rings. The number of hydrogen-bond acceptors (Lipinski definition) is 3. The first-order chi connectivity index (χ1) is 11.7. The quantitative estimate of drug-likeness (QED) is 0.760. The van der Waals surface area contributed by atoms with E-state index in [4.69, 9.17) is 4.74 Å². The third kappa shape index (κ3) is 4.97. The van der Waals surface area contributed by atoms with E-state index in [0.29, 0.717) is 5.41 Å². The van der Waals surface area contributed by atoms with Crippen LogP contribution in [-0.2, 0) is 16.8 Å². The highest BCUT2D eigenvalue weighted by Gasteiger charge is 2.43. The van der Waals surface area contributed by atoms with E-state index in [2.05, 4.69) is 41.0 Å². The number of hydrogen-bond donors (Lipinski definition) is 2. The molecular formula is C20H25ClN2O2. The molecule has 0 aromatic heterocycles. The van der Waals surface area contributed by atoms with Crippen molar-refractivity contribution in [3.05, 3.63) is 65.7 Å². The number of nitrogens with one attached hydrogen (secondary N) is 2. The molecule has 25 heavy (non-hydrogen) atoms. The Hall–Kier alpha value is -2.04. The molecule has 0 spiro atoms. The van der Waals surface area contributed by atoms with Gasteiger partial charge in [0.25, 0.3) is 5.91 Å². The maximum atomic E-state index is 11.4. The average Bonchev–Trinajstić information content (AvgIpc) is 3.42. The van der Waals surface area contributed by atoms with Crippen LogP contribution < -0.4 is 15.4 Å². The lowest BCUT2D eigenvalue weighted by Gasteiger charge is -2.17. The van der Waals surface area contributed by atoms with Gasteiger partial charge in [-0.25, -0.2) is 0 Å². The number of likely N-dealkylation sites (N-methyl/N-ethyl adjacent to an activating group) is 1. The van der Waals surface area contributed by atoms with Crippen LogP contribution in [0.1, 0.15) is 24.0 Å². The molecule has 1 aliphatic carbocycles. The second-order valence-electron chi connectivity index (χ2n) is 6.32. The van der Waals surface area contributed by atoms with E-state index in [1.165, 1.54) is 18.4 Å². The molecule has 0 heterocycles. The van der Waals surface area contributed by atoms with E-state index in [1.807, 2.05) is 24.3 Å². The predicted molar refractivity (Wildman–Crippen MR) is 102 cm³/mol. The molecule has 0 atom stereocenters. The van der Waals surface area contributed by atoms with Crippen molar-refractivity contribution in [2.45, 2.75) is 24.8 Å². The Morgan fingerprint density at radius 2 is 1.76 bits per heavy atom. The van der Waals surface area contributed by atoms with Crippen LogP contribution in [0.3, 0.4) is 0 Å². The maximum Gasteiger partial charge on any atom is 0.257 e. The molecule has 0 radical (unpaired) electrons. The molecule has 3 rings (SSSR count). The van der Waals surface area contributed by atoms with Gasteiger partial charge in [-0.2, -0.15) is 0 Å². The highest BCUT2D eigenvalue weighted by molar-refractivity contribution is 5.85. The Balaban J connectivity index is 0.00000225. The van der Waals surface area contributed by atoms with E-state index in [9.17, 15) is 4.79 Å². The smallest absolute Gasteiger partial charge is 0.257 e. The molecule has 2 aromatic carbocycles. The maximum absolute atomic E-state index is 11.4. The normalized spacial score (nSPS) is 14.3. The van der Waals surface area contributed by atoms with Crippen molar-refractivity contribution in [2.75, 3.05) is 20.2 Å². The van der Waals surface area contributed by atoms with Crippen molar-refractivity contribution in [3.63, 3.8) is 0 Å². The van der Waals surface area contributed by atoms with E-state index < -0.39 is 0 Å². The number of halogens is 1. The first-order valence-electron chi connectivity index (χ1n) is 8.41. The zero-order chi connectivity index (χ0) is 16.8. The highest BCUT2D eigenvalue weighted by Crippen LogP contribution is 2.47. The summed E-state index contributed by atoms with van der Waals surface area (Å²) in [4.78, 5) is 11.4. The van der Waals surface area contributed by atoms with E-state index in [1.54, 1.807) is 7.05 Å². The van der Waals surface area contributed by atoms with E-state index in [-0.39, 0.29) is 24.9 Å². The van der Waals surface area contributed by atoms with Crippen LogP contribution in [0, 0.1) is 0 Å². The molecule has 1 saturated carbocycles. The number of carbonyl (C=O) groups excluding carboxylic acids is 1. The third-order valence-corrected chi connectivity index (χ3v) is 4.63. The number of amides is 1. The van der Waals surface area contributed by atoms with Crippen molar-refractivity contribution in [1.82, 2.24) is 10.6 Å². The van der Waals surface area contributed by atoms with Crippen molar-refractivity contribution >= 4 is 18.3 Å². The molecule has 0 saturated heterocycles. The minimum absolute atomic E-state index is 0. The van der Waals surface area contributed by atoms with Crippen LogP contribution in [0.5, 0.6) is 5.75 Å². The summed E-state index contributed by atoms with van der Waals surface area (Å²) in [5.41, 5.74) is 2.78. The van der Waals surface area contributed by atoms with Gasteiger partial charge < -0.3 is 15.4 Å². The van der Waals surface area contributed by atoms with Crippen LogP contribution in [0.15, 0.2) is 54.6 Å². The minimum Gasteiger partial charge on any atom is -0.483 e. The fourth-order valence-corrected chi connectivity index (χ4v) is 2.95. The monoisotopic (exact) mass is 360 g/mol. The number of benzene rings is 2. The van der Waals surface area contributed by atoms with Crippen LogP contribution in [0.2, 0.25) is 0 Å². The summed E-state index contributed by atoms with van der Waals surface area (Å²) in [7, 11) is 1.61. The van der Waals surface area contributed by atoms with Gasteiger partial charge in [0.1, 0.15) is 5.75 Å². The van der Waals surface area contributed by atoms with Crippen molar-refractivity contribution < 1.29 is 9.53 Å². The largest absolute Gasteiger partial charge is 0.483 e. The number of rotatable bonds is 8. The molecule has 0 unspecified atom stereocenters. The molecular weight excluding hydrogens is 336 g/mol. The van der Waals surface area contributed by atoms with Gasteiger partial charge in [-0.15, -0.1) is 12.4 Å². The van der Waals surface area contributed by atoms with E-state index >= 15 is 0 Å². The molecule has 4 nitrogen and oxygen atoms in total. The zero-order valence-electron chi connectivity index (χ0n) is 14.5. The lowest BCUT2D eigenvalue weighted by molar-refractivity contribution is -0.122. The van der Waals surface area contributed by atoms with Crippen LogP contribution in [0.4, 0.5) is 0 Å². The van der Waals surface area contributed by atoms with E-state index in [0.717, 1.165) is 24.4 Å². The molecule has 0 aliphatic heterocycles.